The van der Waals surface area contributed by atoms with Crippen LogP contribution >= 0.6 is 0 Å². The van der Waals surface area contributed by atoms with E-state index in [9.17, 15) is 9.59 Å². The molecular formula is C13H17NO3. The van der Waals surface area contributed by atoms with E-state index in [1.165, 1.54) is 12.1 Å². The summed E-state index contributed by atoms with van der Waals surface area (Å²) in [5.41, 5.74) is 0.840. The van der Waals surface area contributed by atoms with Gasteiger partial charge in [-0.05, 0) is 30.7 Å². The van der Waals surface area contributed by atoms with Crippen molar-refractivity contribution in [3.8, 4) is 0 Å². The van der Waals surface area contributed by atoms with Gasteiger partial charge in [-0.3, -0.25) is 4.79 Å². The fraction of sp³-hybridized carbons (Fsp3) is 0.385. The Bertz CT molecular complexity index is 398. The molecule has 0 radical (unpaired) electrons. The third-order valence-corrected chi connectivity index (χ3v) is 2.57. The summed E-state index contributed by atoms with van der Waals surface area (Å²) in [7, 11) is 0. The lowest BCUT2D eigenvalue weighted by molar-refractivity contribution is -0.119. The van der Waals surface area contributed by atoms with Gasteiger partial charge >= 0.3 is 5.97 Å². The van der Waals surface area contributed by atoms with E-state index in [2.05, 4.69) is 5.32 Å². The number of anilines is 1. The van der Waals surface area contributed by atoms with Crippen molar-refractivity contribution in [1.82, 2.24) is 0 Å². The summed E-state index contributed by atoms with van der Waals surface area (Å²) in [5, 5.41) is 11.5. The quantitative estimate of drug-likeness (QED) is 0.824. The first-order valence-electron chi connectivity index (χ1n) is 5.68. The van der Waals surface area contributed by atoms with Crippen molar-refractivity contribution in [1.29, 1.82) is 0 Å². The number of carbonyl (C=O) groups is 2. The molecule has 1 unspecified atom stereocenters. The molecule has 0 aliphatic heterocycles. The fourth-order valence-corrected chi connectivity index (χ4v) is 1.53. The lowest BCUT2D eigenvalue weighted by Crippen LogP contribution is -2.20. The number of carboxylic acid groups (broad SMARTS) is 1. The van der Waals surface area contributed by atoms with E-state index in [1.54, 1.807) is 12.1 Å². The van der Waals surface area contributed by atoms with Gasteiger partial charge in [0.2, 0.25) is 5.91 Å². The van der Waals surface area contributed by atoms with Gasteiger partial charge in [0.15, 0.2) is 0 Å². The summed E-state index contributed by atoms with van der Waals surface area (Å²) >= 11 is 0. The summed E-state index contributed by atoms with van der Waals surface area (Å²) < 4.78 is 0. The van der Waals surface area contributed by atoms with Crippen molar-refractivity contribution in [2.45, 2.75) is 26.7 Å². The third-order valence-electron chi connectivity index (χ3n) is 2.57. The van der Waals surface area contributed by atoms with Crippen LogP contribution in [0.5, 0.6) is 0 Å². The van der Waals surface area contributed by atoms with Gasteiger partial charge in [-0.1, -0.05) is 20.3 Å². The molecule has 1 rings (SSSR count). The predicted molar refractivity (Wildman–Crippen MR) is 66.1 cm³/mol. The number of carbonyl (C=O) groups excluding carboxylic acids is 1. The molecule has 4 heteroatoms. The van der Waals surface area contributed by atoms with E-state index in [1.807, 2.05) is 13.8 Å². The molecule has 0 spiro atoms. The molecule has 0 heterocycles. The zero-order valence-corrected chi connectivity index (χ0v) is 10.1. The highest BCUT2D eigenvalue weighted by Gasteiger charge is 2.11. The average Bonchev–Trinajstić information content (AvgIpc) is 2.30. The van der Waals surface area contributed by atoms with Crippen molar-refractivity contribution in [2.75, 3.05) is 5.32 Å². The predicted octanol–water partition coefficient (Wildman–Crippen LogP) is 2.76. The standard InChI is InChI=1S/C13H17NO3/c1-3-4-9(2)12(15)14-11-7-5-10(6-8-11)13(16)17/h5-9H,3-4H2,1-2H3,(H,14,15)(H,16,17). The molecule has 0 fully saturated rings. The lowest BCUT2D eigenvalue weighted by Gasteiger charge is -2.11. The molecule has 0 saturated carbocycles. The zero-order valence-electron chi connectivity index (χ0n) is 10.1. The molecule has 1 aromatic carbocycles. The zero-order chi connectivity index (χ0) is 12.8. The van der Waals surface area contributed by atoms with Gasteiger partial charge < -0.3 is 10.4 Å². The van der Waals surface area contributed by atoms with Crippen LogP contribution in [0, 0.1) is 5.92 Å². The van der Waals surface area contributed by atoms with Gasteiger partial charge in [-0.15, -0.1) is 0 Å². The van der Waals surface area contributed by atoms with Crippen LogP contribution in [0.4, 0.5) is 5.69 Å². The molecule has 0 aliphatic rings. The Kier molecular flexibility index (Phi) is 4.69. The normalized spacial score (nSPS) is 11.9. The van der Waals surface area contributed by atoms with E-state index in [4.69, 9.17) is 5.11 Å². The number of carboxylic acids is 1. The second-order valence-corrected chi connectivity index (χ2v) is 4.06. The Morgan fingerprint density at radius 1 is 1.29 bits per heavy atom. The van der Waals surface area contributed by atoms with Crippen molar-refractivity contribution in [3.63, 3.8) is 0 Å². The van der Waals surface area contributed by atoms with Crippen molar-refractivity contribution in [2.24, 2.45) is 5.92 Å². The largest absolute Gasteiger partial charge is 0.478 e. The minimum atomic E-state index is -0.970. The molecule has 0 aliphatic carbocycles. The van der Waals surface area contributed by atoms with Gasteiger partial charge in [0.1, 0.15) is 0 Å². The van der Waals surface area contributed by atoms with Crippen LogP contribution in [0.2, 0.25) is 0 Å². The highest BCUT2D eigenvalue weighted by atomic mass is 16.4. The maximum absolute atomic E-state index is 11.7. The minimum absolute atomic E-state index is 0.0286. The van der Waals surface area contributed by atoms with Crippen LogP contribution in [0.1, 0.15) is 37.0 Å². The Morgan fingerprint density at radius 3 is 2.35 bits per heavy atom. The number of hydrogen-bond acceptors (Lipinski definition) is 2. The molecule has 0 aromatic heterocycles. The summed E-state index contributed by atoms with van der Waals surface area (Å²) in [6.45, 7) is 3.91. The molecule has 4 nitrogen and oxygen atoms in total. The first-order valence-corrected chi connectivity index (χ1v) is 5.68. The summed E-state index contributed by atoms with van der Waals surface area (Å²) in [5.74, 6) is -1.03. The minimum Gasteiger partial charge on any atom is -0.478 e. The van der Waals surface area contributed by atoms with Gasteiger partial charge in [-0.2, -0.15) is 0 Å². The first-order chi connectivity index (χ1) is 8.04. The maximum atomic E-state index is 11.7. The summed E-state index contributed by atoms with van der Waals surface area (Å²) in [6.07, 6.45) is 1.81. The number of nitrogens with one attached hydrogen (secondary N) is 1. The summed E-state index contributed by atoms with van der Waals surface area (Å²) in [6, 6.07) is 6.14. The van der Waals surface area contributed by atoms with E-state index >= 15 is 0 Å². The fourth-order valence-electron chi connectivity index (χ4n) is 1.53. The Morgan fingerprint density at radius 2 is 1.88 bits per heavy atom. The monoisotopic (exact) mass is 235 g/mol. The van der Waals surface area contributed by atoms with Crippen molar-refractivity contribution >= 4 is 17.6 Å². The number of aromatic carboxylic acids is 1. The van der Waals surface area contributed by atoms with Crippen LogP contribution < -0.4 is 5.32 Å². The van der Waals surface area contributed by atoms with E-state index in [0.29, 0.717) is 5.69 Å². The molecule has 0 saturated heterocycles. The number of rotatable bonds is 5. The van der Waals surface area contributed by atoms with Gasteiger partial charge in [0.05, 0.1) is 5.56 Å². The van der Waals surface area contributed by atoms with Gasteiger partial charge in [0, 0.05) is 11.6 Å². The molecule has 1 aromatic rings. The van der Waals surface area contributed by atoms with Crippen LogP contribution in [0.15, 0.2) is 24.3 Å². The third kappa shape index (κ3) is 3.90. The van der Waals surface area contributed by atoms with Crippen molar-refractivity contribution in [3.05, 3.63) is 29.8 Å². The molecule has 1 atom stereocenters. The molecule has 1 amide bonds. The highest BCUT2D eigenvalue weighted by molar-refractivity contribution is 5.93. The number of hydrogen-bond donors (Lipinski definition) is 2. The van der Waals surface area contributed by atoms with Crippen LogP contribution in [0.3, 0.4) is 0 Å². The Balaban J connectivity index is 2.63. The number of benzene rings is 1. The topological polar surface area (TPSA) is 66.4 Å². The van der Waals surface area contributed by atoms with Crippen LogP contribution in [0.25, 0.3) is 0 Å². The SMILES string of the molecule is CCCC(C)C(=O)Nc1ccc(C(=O)O)cc1. The smallest absolute Gasteiger partial charge is 0.335 e. The number of amides is 1. The maximum Gasteiger partial charge on any atom is 0.335 e. The first kappa shape index (κ1) is 13.2. The lowest BCUT2D eigenvalue weighted by atomic mass is 10.1. The van der Waals surface area contributed by atoms with Gasteiger partial charge in [-0.25, -0.2) is 4.79 Å². The molecule has 2 N–H and O–H groups in total. The van der Waals surface area contributed by atoms with E-state index in [0.717, 1.165) is 12.8 Å². The molecule has 92 valence electrons. The average molecular weight is 235 g/mol. The second kappa shape index (κ2) is 6.03. The Labute approximate surface area is 101 Å². The molecule has 17 heavy (non-hydrogen) atoms. The summed E-state index contributed by atoms with van der Waals surface area (Å²) in [4.78, 5) is 22.3. The second-order valence-electron chi connectivity index (χ2n) is 4.06. The van der Waals surface area contributed by atoms with E-state index < -0.39 is 5.97 Å². The molecular weight excluding hydrogens is 218 g/mol. The van der Waals surface area contributed by atoms with E-state index in [-0.39, 0.29) is 17.4 Å². The van der Waals surface area contributed by atoms with Crippen LogP contribution in [-0.4, -0.2) is 17.0 Å². The van der Waals surface area contributed by atoms with Crippen LogP contribution in [-0.2, 0) is 4.79 Å². The van der Waals surface area contributed by atoms with Gasteiger partial charge in [0.25, 0.3) is 0 Å². The Hall–Kier alpha value is -1.84. The van der Waals surface area contributed by atoms with Crippen molar-refractivity contribution < 1.29 is 14.7 Å². The highest BCUT2D eigenvalue weighted by Crippen LogP contribution is 2.13. The molecule has 0 bridgehead atoms.